The van der Waals surface area contributed by atoms with Crippen LogP contribution in [-0.2, 0) is 4.74 Å². The summed E-state index contributed by atoms with van der Waals surface area (Å²) < 4.78 is 5.37. The van der Waals surface area contributed by atoms with Crippen LogP contribution in [0.25, 0.3) is 0 Å². The van der Waals surface area contributed by atoms with Gasteiger partial charge in [0.15, 0.2) is 0 Å². The van der Waals surface area contributed by atoms with Crippen molar-refractivity contribution in [3.05, 3.63) is 24.3 Å². The standard InChI is InChI=1S/C15H23NO2S/c17-8-1-11-19-15-4-2-14(3-5-15)16-12-13-6-9-18-10-7-13/h2-5,13,16-17H,1,6-12H2. The van der Waals surface area contributed by atoms with Gasteiger partial charge in [-0.2, -0.15) is 0 Å². The zero-order valence-corrected chi connectivity index (χ0v) is 12.1. The maximum absolute atomic E-state index is 8.75. The second-order valence-corrected chi connectivity index (χ2v) is 6.05. The number of nitrogens with one attached hydrogen (secondary N) is 1. The van der Waals surface area contributed by atoms with Gasteiger partial charge in [-0.05, 0) is 49.4 Å². The molecule has 0 saturated carbocycles. The molecule has 0 unspecified atom stereocenters. The van der Waals surface area contributed by atoms with Crippen LogP contribution in [0.2, 0.25) is 0 Å². The molecule has 1 aliphatic heterocycles. The number of benzene rings is 1. The van der Waals surface area contributed by atoms with E-state index in [0.29, 0.717) is 0 Å². The van der Waals surface area contributed by atoms with E-state index in [1.165, 1.54) is 23.4 Å². The maximum atomic E-state index is 8.75. The van der Waals surface area contributed by atoms with E-state index in [1.54, 1.807) is 11.8 Å². The van der Waals surface area contributed by atoms with Crippen LogP contribution in [0.4, 0.5) is 5.69 Å². The molecule has 19 heavy (non-hydrogen) atoms. The molecule has 4 heteroatoms. The summed E-state index contributed by atoms with van der Waals surface area (Å²) in [7, 11) is 0. The monoisotopic (exact) mass is 281 g/mol. The molecule has 0 spiro atoms. The molecule has 2 N–H and O–H groups in total. The smallest absolute Gasteiger partial charge is 0.0469 e. The molecule has 1 heterocycles. The lowest BCUT2D eigenvalue weighted by molar-refractivity contribution is 0.0699. The molecule has 0 radical (unpaired) electrons. The number of thioether (sulfide) groups is 1. The lowest BCUT2D eigenvalue weighted by Crippen LogP contribution is -2.22. The van der Waals surface area contributed by atoms with Crippen LogP contribution >= 0.6 is 11.8 Å². The topological polar surface area (TPSA) is 41.5 Å². The quantitative estimate of drug-likeness (QED) is 0.595. The Morgan fingerprint density at radius 2 is 1.95 bits per heavy atom. The van der Waals surface area contributed by atoms with E-state index in [9.17, 15) is 0 Å². The minimum absolute atomic E-state index is 0.276. The van der Waals surface area contributed by atoms with Crippen LogP contribution < -0.4 is 5.32 Å². The number of ether oxygens (including phenoxy) is 1. The Labute approximate surface area is 119 Å². The molecule has 0 amide bonds. The second kappa shape index (κ2) is 8.46. The van der Waals surface area contributed by atoms with Crippen LogP contribution in [0.5, 0.6) is 0 Å². The highest BCUT2D eigenvalue weighted by Gasteiger charge is 2.12. The number of anilines is 1. The molecule has 1 aromatic carbocycles. The third-order valence-electron chi connectivity index (χ3n) is 3.36. The molecule has 3 nitrogen and oxygen atoms in total. The molecule has 0 bridgehead atoms. The molecule has 1 aliphatic rings. The summed E-state index contributed by atoms with van der Waals surface area (Å²) in [5.41, 5.74) is 1.19. The zero-order valence-electron chi connectivity index (χ0n) is 11.3. The molecule has 1 saturated heterocycles. The second-order valence-electron chi connectivity index (χ2n) is 4.89. The summed E-state index contributed by atoms with van der Waals surface area (Å²) in [6.07, 6.45) is 3.19. The highest BCUT2D eigenvalue weighted by Crippen LogP contribution is 2.22. The van der Waals surface area contributed by atoms with Crippen molar-refractivity contribution in [2.24, 2.45) is 5.92 Å². The van der Waals surface area contributed by atoms with Gasteiger partial charge in [0.2, 0.25) is 0 Å². The van der Waals surface area contributed by atoms with Gasteiger partial charge < -0.3 is 15.2 Å². The molecule has 0 aromatic heterocycles. The Balaban J connectivity index is 1.71. The molecular weight excluding hydrogens is 258 g/mol. The fourth-order valence-electron chi connectivity index (χ4n) is 2.14. The van der Waals surface area contributed by atoms with E-state index in [0.717, 1.165) is 37.9 Å². The Morgan fingerprint density at radius 1 is 1.21 bits per heavy atom. The Hall–Kier alpha value is -0.710. The first-order valence-electron chi connectivity index (χ1n) is 7.04. The van der Waals surface area contributed by atoms with Gasteiger partial charge in [-0.3, -0.25) is 0 Å². The summed E-state index contributed by atoms with van der Waals surface area (Å²) in [5.74, 6) is 1.72. The molecule has 1 aromatic rings. The molecular formula is C15H23NO2S. The van der Waals surface area contributed by atoms with Gasteiger partial charge in [0.1, 0.15) is 0 Å². The summed E-state index contributed by atoms with van der Waals surface area (Å²) in [4.78, 5) is 1.27. The molecule has 106 valence electrons. The van der Waals surface area contributed by atoms with Crippen LogP contribution in [0.15, 0.2) is 29.2 Å². The van der Waals surface area contributed by atoms with Crippen molar-refractivity contribution in [1.82, 2.24) is 0 Å². The van der Waals surface area contributed by atoms with E-state index in [1.807, 2.05) is 0 Å². The average molecular weight is 281 g/mol. The minimum atomic E-state index is 0.276. The van der Waals surface area contributed by atoms with Crippen molar-refractivity contribution >= 4 is 17.4 Å². The lowest BCUT2D eigenvalue weighted by atomic mass is 10.0. The van der Waals surface area contributed by atoms with Crippen molar-refractivity contribution in [1.29, 1.82) is 0 Å². The van der Waals surface area contributed by atoms with Crippen molar-refractivity contribution in [3.8, 4) is 0 Å². The molecule has 0 atom stereocenters. The maximum Gasteiger partial charge on any atom is 0.0469 e. The van der Waals surface area contributed by atoms with Crippen LogP contribution in [0.3, 0.4) is 0 Å². The van der Waals surface area contributed by atoms with Crippen LogP contribution in [0, 0.1) is 5.92 Å². The predicted molar refractivity (Wildman–Crippen MR) is 80.9 cm³/mol. The summed E-state index contributed by atoms with van der Waals surface area (Å²) in [5, 5.41) is 12.3. The Morgan fingerprint density at radius 3 is 2.63 bits per heavy atom. The fourth-order valence-corrected chi connectivity index (χ4v) is 2.97. The van der Waals surface area contributed by atoms with Gasteiger partial charge in [-0.1, -0.05) is 0 Å². The summed E-state index contributed by atoms with van der Waals surface area (Å²) >= 11 is 1.80. The Kier molecular flexibility index (Phi) is 6.54. The average Bonchev–Trinajstić information content (AvgIpc) is 2.48. The van der Waals surface area contributed by atoms with E-state index < -0.39 is 0 Å². The number of rotatable bonds is 7. The van der Waals surface area contributed by atoms with Crippen molar-refractivity contribution in [2.45, 2.75) is 24.2 Å². The van der Waals surface area contributed by atoms with E-state index in [4.69, 9.17) is 9.84 Å². The molecule has 2 rings (SSSR count). The van der Waals surface area contributed by atoms with Crippen LogP contribution in [0.1, 0.15) is 19.3 Å². The van der Waals surface area contributed by atoms with Gasteiger partial charge >= 0.3 is 0 Å². The minimum Gasteiger partial charge on any atom is -0.396 e. The predicted octanol–water partition coefficient (Wildman–Crippen LogP) is 3.00. The lowest BCUT2D eigenvalue weighted by Gasteiger charge is -2.22. The highest BCUT2D eigenvalue weighted by molar-refractivity contribution is 7.99. The van der Waals surface area contributed by atoms with Gasteiger partial charge in [0.25, 0.3) is 0 Å². The van der Waals surface area contributed by atoms with Crippen molar-refractivity contribution in [2.75, 3.05) is 37.4 Å². The van der Waals surface area contributed by atoms with Gasteiger partial charge in [-0.15, -0.1) is 11.8 Å². The van der Waals surface area contributed by atoms with Gasteiger partial charge in [0.05, 0.1) is 0 Å². The van der Waals surface area contributed by atoms with Gasteiger partial charge in [-0.25, -0.2) is 0 Å². The zero-order chi connectivity index (χ0) is 13.3. The number of aliphatic hydroxyl groups excluding tert-OH is 1. The largest absolute Gasteiger partial charge is 0.396 e. The number of aliphatic hydroxyl groups is 1. The van der Waals surface area contributed by atoms with Crippen LogP contribution in [-0.4, -0.2) is 37.2 Å². The first-order chi connectivity index (χ1) is 9.38. The summed E-state index contributed by atoms with van der Waals surface area (Å²) in [6, 6.07) is 8.57. The molecule has 0 aliphatic carbocycles. The number of hydrogen-bond acceptors (Lipinski definition) is 4. The van der Waals surface area contributed by atoms with Crippen molar-refractivity contribution in [3.63, 3.8) is 0 Å². The third-order valence-corrected chi connectivity index (χ3v) is 4.46. The first-order valence-corrected chi connectivity index (χ1v) is 8.02. The van der Waals surface area contributed by atoms with E-state index in [2.05, 4.69) is 29.6 Å². The van der Waals surface area contributed by atoms with Gasteiger partial charge in [0, 0.05) is 42.7 Å². The van der Waals surface area contributed by atoms with E-state index >= 15 is 0 Å². The number of hydrogen-bond donors (Lipinski definition) is 2. The highest BCUT2D eigenvalue weighted by atomic mass is 32.2. The first kappa shape index (κ1) is 14.7. The Bertz CT molecular complexity index is 350. The van der Waals surface area contributed by atoms with E-state index in [-0.39, 0.29) is 6.61 Å². The SMILES string of the molecule is OCCCSc1ccc(NCC2CCOCC2)cc1. The molecule has 1 fully saturated rings. The summed E-state index contributed by atoms with van der Waals surface area (Å²) in [6.45, 7) is 3.14. The third kappa shape index (κ3) is 5.43. The fraction of sp³-hybridized carbons (Fsp3) is 0.600. The van der Waals surface area contributed by atoms with Crippen molar-refractivity contribution < 1.29 is 9.84 Å². The normalized spacial score (nSPS) is 16.5.